The molecule has 0 radical (unpaired) electrons. The van der Waals surface area contributed by atoms with Gasteiger partial charge in [-0.25, -0.2) is 0 Å². The van der Waals surface area contributed by atoms with Gasteiger partial charge in [-0.15, -0.1) is 11.3 Å². The standard InChI is InChI=1S/C15H19N3OS/c1-15(2,13-4-3-5-20-13)9-18-14(19)10-6-11(16)8-12(17)7-10/h3-8H,9,16-17H2,1-2H3,(H,18,19). The predicted molar refractivity (Wildman–Crippen MR) is 84.9 cm³/mol. The molecule has 0 fully saturated rings. The molecule has 2 rings (SSSR count). The first-order valence-electron chi connectivity index (χ1n) is 6.37. The molecule has 0 aliphatic rings. The molecule has 1 aromatic carbocycles. The van der Waals surface area contributed by atoms with Gasteiger partial charge in [0.1, 0.15) is 0 Å². The Morgan fingerprint density at radius 3 is 2.45 bits per heavy atom. The largest absolute Gasteiger partial charge is 0.399 e. The zero-order valence-corrected chi connectivity index (χ0v) is 12.5. The number of thiophene rings is 1. The van der Waals surface area contributed by atoms with Crippen LogP contribution in [0.25, 0.3) is 0 Å². The minimum absolute atomic E-state index is 0.101. The molecule has 1 amide bonds. The molecule has 0 aliphatic heterocycles. The molecule has 0 bridgehead atoms. The fourth-order valence-electron chi connectivity index (χ4n) is 1.96. The lowest BCUT2D eigenvalue weighted by molar-refractivity contribution is 0.0946. The number of carbonyl (C=O) groups excluding carboxylic acids is 1. The Kier molecular flexibility index (Phi) is 3.99. The van der Waals surface area contributed by atoms with Crippen LogP contribution in [0.4, 0.5) is 11.4 Å². The molecule has 0 saturated carbocycles. The number of nitrogen functional groups attached to an aromatic ring is 2. The maximum atomic E-state index is 12.1. The molecule has 0 saturated heterocycles. The second-order valence-electron chi connectivity index (χ2n) is 5.43. The van der Waals surface area contributed by atoms with Gasteiger partial charge in [0.15, 0.2) is 0 Å². The zero-order chi connectivity index (χ0) is 14.8. The molecule has 0 atom stereocenters. The van der Waals surface area contributed by atoms with E-state index in [0.717, 1.165) is 0 Å². The molecule has 0 unspecified atom stereocenters. The van der Waals surface area contributed by atoms with Crippen LogP contribution in [-0.2, 0) is 5.41 Å². The third-order valence-corrected chi connectivity index (χ3v) is 4.35. The van der Waals surface area contributed by atoms with E-state index in [9.17, 15) is 4.79 Å². The Morgan fingerprint density at radius 1 is 1.25 bits per heavy atom. The minimum Gasteiger partial charge on any atom is -0.399 e. The molecule has 5 N–H and O–H groups in total. The van der Waals surface area contributed by atoms with Gasteiger partial charge in [-0.3, -0.25) is 4.79 Å². The van der Waals surface area contributed by atoms with E-state index in [-0.39, 0.29) is 11.3 Å². The van der Waals surface area contributed by atoms with Crippen molar-refractivity contribution in [2.45, 2.75) is 19.3 Å². The van der Waals surface area contributed by atoms with Crippen molar-refractivity contribution in [1.82, 2.24) is 5.32 Å². The van der Waals surface area contributed by atoms with Gasteiger partial charge in [0, 0.05) is 33.8 Å². The summed E-state index contributed by atoms with van der Waals surface area (Å²) in [6.07, 6.45) is 0. The third-order valence-electron chi connectivity index (χ3n) is 3.12. The summed E-state index contributed by atoms with van der Waals surface area (Å²) < 4.78 is 0. The molecule has 106 valence electrons. The van der Waals surface area contributed by atoms with Gasteiger partial charge in [0.05, 0.1) is 0 Å². The number of nitrogens with one attached hydrogen (secondary N) is 1. The third kappa shape index (κ3) is 3.30. The molecular formula is C15H19N3OS. The predicted octanol–water partition coefficient (Wildman–Crippen LogP) is 2.62. The number of nitrogens with two attached hydrogens (primary N) is 2. The number of amides is 1. The fraction of sp³-hybridized carbons (Fsp3) is 0.267. The molecule has 4 nitrogen and oxygen atoms in total. The van der Waals surface area contributed by atoms with Gasteiger partial charge in [-0.05, 0) is 29.6 Å². The zero-order valence-electron chi connectivity index (χ0n) is 11.6. The van der Waals surface area contributed by atoms with Crippen LogP contribution in [0.1, 0.15) is 29.1 Å². The average molecular weight is 289 g/mol. The highest BCUT2D eigenvalue weighted by Crippen LogP contribution is 2.26. The van der Waals surface area contributed by atoms with Crippen LogP contribution >= 0.6 is 11.3 Å². The highest BCUT2D eigenvalue weighted by molar-refractivity contribution is 7.10. The maximum absolute atomic E-state index is 12.1. The number of hydrogen-bond acceptors (Lipinski definition) is 4. The van der Waals surface area contributed by atoms with E-state index in [1.165, 1.54) is 4.88 Å². The second kappa shape index (κ2) is 5.54. The molecule has 0 spiro atoms. The van der Waals surface area contributed by atoms with E-state index in [1.807, 2.05) is 11.4 Å². The summed E-state index contributed by atoms with van der Waals surface area (Å²) in [5.74, 6) is -0.159. The molecule has 1 heterocycles. The Labute approximate surface area is 122 Å². The van der Waals surface area contributed by atoms with Crippen LogP contribution in [0.5, 0.6) is 0 Å². The van der Waals surface area contributed by atoms with Crippen molar-refractivity contribution in [1.29, 1.82) is 0 Å². The molecule has 1 aromatic heterocycles. The first kappa shape index (κ1) is 14.4. The normalized spacial score (nSPS) is 11.3. The van der Waals surface area contributed by atoms with Crippen LogP contribution in [0.15, 0.2) is 35.7 Å². The van der Waals surface area contributed by atoms with Gasteiger partial charge >= 0.3 is 0 Å². The first-order valence-corrected chi connectivity index (χ1v) is 7.25. The van der Waals surface area contributed by atoms with Crippen LogP contribution in [-0.4, -0.2) is 12.5 Å². The quantitative estimate of drug-likeness (QED) is 0.757. The van der Waals surface area contributed by atoms with E-state index < -0.39 is 0 Å². The summed E-state index contributed by atoms with van der Waals surface area (Å²) >= 11 is 1.69. The summed E-state index contributed by atoms with van der Waals surface area (Å²) in [4.78, 5) is 13.4. The van der Waals surface area contributed by atoms with Crippen molar-refractivity contribution in [2.75, 3.05) is 18.0 Å². The van der Waals surface area contributed by atoms with E-state index in [4.69, 9.17) is 11.5 Å². The van der Waals surface area contributed by atoms with Crippen molar-refractivity contribution in [3.05, 3.63) is 46.2 Å². The van der Waals surface area contributed by atoms with E-state index in [0.29, 0.717) is 23.5 Å². The van der Waals surface area contributed by atoms with Crippen LogP contribution in [0, 0.1) is 0 Å². The molecule has 0 aliphatic carbocycles. The number of rotatable bonds is 4. The Morgan fingerprint density at radius 2 is 1.90 bits per heavy atom. The Bertz CT molecular complexity index is 585. The van der Waals surface area contributed by atoms with Crippen molar-refractivity contribution >= 4 is 28.6 Å². The fourth-order valence-corrected chi connectivity index (χ4v) is 2.81. The van der Waals surface area contributed by atoms with E-state index in [2.05, 4.69) is 25.2 Å². The van der Waals surface area contributed by atoms with E-state index >= 15 is 0 Å². The van der Waals surface area contributed by atoms with Crippen LogP contribution in [0.2, 0.25) is 0 Å². The van der Waals surface area contributed by atoms with Crippen molar-refractivity contribution in [3.63, 3.8) is 0 Å². The topological polar surface area (TPSA) is 81.1 Å². The van der Waals surface area contributed by atoms with Gasteiger partial charge in [0.25, 0.3) is 5.91 Å². The number of carbonyl (C=O) groups is 1. The van der Waals surface area contributed by atoms with Gasteiger partial charge in [-0.1, -0.05) is 19.9 Å². The lowest BCUT2D eigenvalue weighted by Crippen LogP contribution is -2.36. The van der Waals surface area contributed by atoms with Gasteiger partial charge in [-0.2, -0.15) is 0 Å². The van der Waals surface area contributed by atoms with Crippen LogP contribution in [0.3, 0.4) is 0 Å². The van der Waals surface area contributed by atoms with E-state index in [1.54, 1.807) is 29.5 Å². The van der Waals surface area contributed by atoms with Crippen molar-refractivity contribution in [3.8, 4) is 0 Å². The lowest BCUT2D eigenvalue weighted by atomic mass is 9.91. The number of anilines is 2. The molecule has 2 aromatic rings. The highest BCUT2D eigenvalue weighted by atomic mass is 32.1. The highest BCUT2D eigenvalue weighted by Gasteiger charge is 2.22. The summed E-state index contributed by atoms with van der Waals surface area (Å²) in [5.41, 5.74) is 12.8. The van der Waals surface area contributed by atoms with Gasteiger partial charge < -0.3 is 16.8 Å². The number of benzene rings is 1. The monoisotopic (exact) mass is 289 g/mol. The minimum atomic E-state index is -0.159. The molecule has 20 heavy (non-hydrogen) atoms. The number of hydrogen-bond donors (Lipinski definition) is 3. The SMILES string of the molecule is CC(C)(CNC(=O)c1cc(N)cc(N)c1)c1cccs1. The van der Waals surface area contributed by atoms with Crippen LogP contribution < -0.4 is 16.8 Å². The summed E-state index contributed by atoms with van der Waals surface area (Å²) in [6, 6.07) is 8.98. The summed E-state index contributed by atoms with van der Waals surface area (Å²) in [5, 5.41) is 4.98. The van der Waals surface area contributed by atoms with Crippen molar-refractivity contribution < 1.29 is 4.79 Å². The lowest BCUT2D eigenvalue weighted by Gasteiger charge is -2.23. The average Bonchev–Trinajstić information content (AvgIpc) is 2.89. The smallest absolute Gasteiger partial charge is 0.251 e. The summed E-state index contributed by atoms with van der Waals surface area (Å²) in [6.45, 7) is 4.76. The first-order chi connectivity index (χ1) is 9.38. The maximum Gasteiger partial charge on any atom is 0.251 e. The van der Waals surface area contributed by atoms with Crippen molar-refractivity contribution in [2.24, 2.45) is 0 Å². The Balaban J connectivity index is 2.05. The Hall–Kier alpha value is -2.01. The molecule has 5 heteroatoms. The summed E-state index contributed by atoms with van der Waals surface area (Å²) in [7, 11) is 0. The molecular weight excluding hydrogens is 270 g/mol. The second-order valence-corrected chi connectivity index (χ2v) is 6.38. The van der Waals surface area contributed by atoms with Gasteiger partial charge in [0.2, 0.25) is 0 Å².